The number of hydrogen-bond donors (Lipinski definition) is 2. The predicted molar refractivity (Wildman–Crippen MR) is 82.7 cm³/mol. The summed E-state index contributed by atoms with van der Waals surface area (Å²) in [4.78, 5) is 16.6. The van der Waals surface area contributed by atoms with Crippen LogP contribution in [0.1, 0.15) is 9.67 Å². The maximum atomic E-state index is 11.9. The van der Waals surface area contributed by atoms with Gasteiger partial charge in [-0.25, -0.2) is 18.1 Å². The lowest BCUT2D eigenvalue weighted by atomic mass is 10.2. The molecule has 2 N–H and O–H groups in total. The van der Waals surface area contributed by atoms with Crippen molar-refractivity contribution < 1.29 is 13.2 Å². The van der Waals surface area contributed by atoms with E-state index in [1.165, 1.54) is 17.5 Å². The first-order valence-electron chi connectivity index (χ1n) is 6.20. The van der Waals surface area contributed by atoms with Gasteiger partial charge < -0.3 is 5.32 Å². The van der Waals surface area contributed by atoms with Crippen LogP contribution in [0.2, 0.25) is 0 Å². The Balaban J connectivity index is 1.91. The van der Waals surface area contributed by atoms with Crippen LogP contribution in [-0.4, -0.2) is 38.7 Å². The Hall–Kier alpha value is -1.77. The molecule has 0 saturated heterocycles. The number of carbonyl (C=O) groups is 1. The average Bonchev–Trinajstić information content (AvgIpc) is 2.93. The van der Waals surface area contributed by atoms with Crippen LogP contribution < -0.4 is 10.0 Å². The van der Waals surface area contributed by atoms with Crippen LogP contribution in [0.15, 0.2) is 36.5 Å². The first-order valence-corrected chi connectivity index (χ1v) is 8.90. The van der Waals surface area contributed by atoms with Gasteiger partial charge in [-0.15, -0.1) is 11.3 Å². The lowest BCUT2D eigenvalue weighted by molar-refractivity contribution is 0.0958. The molecule has 0 atom stereocenters. The molecule has 0 unspecified atom stereocenters. The highest BCUT2D eigenvalue weighted by Crippen LogP contribution is 2.24. The molecular weight excluding hydrogens is 310 g/mol. The summed E-state index contributed by atoms with van der Waals surface area (Å²) < 4.78 is 24.1. The average molecular weight is 325 g/mol. The topological polar surface area (TPSA) is 88.2 Å². The summed E-state index contributed by atoms with van der Waals surface area (Å²) in [5, 5.41) is 3.41. The van der Waals surface area contributed by atoms with Crippen molar-refractivity contribution in [3.8, 4) is 10.6 Å². The molecule has 112 valence electrons. The van der Waals surface area contributed by atoms with E-state index in [9.17, 15) is 13.2 Å². The molecule has 1 aromatic carbocycles. The largest absolute Gasteiger partial charge is 0.350 e. The zero-order valence-electron chi connectivity index (χ0n) is 11.4. The molecule has 0 fully saturated rings. The van der Waals surface area contributed by atoms with Gasteiger partial charge in [-0.05, 0) is 0 Å². The van der Waals surface area contributed by atoms with Gasteiger partial charge in [-0.3, -0.25) is 4.79 Å². The lowest BCUT2D eigenvalue weighted by Crippen LogP contribution is -2.33. The summed E-state index contributed by atoms with van der Waals surface area (Å²) in [6.45, 7) is 0.388. The quantitative estimate of drug-likeness (QED) is 0.778. The zero-order valence-corrected chi connectivity index (χ0v) is 13.0. The van der Waals surface area contributed by atoms with E-state index in [-0.39, 0.29) is 19.0 Å². The molecule has 8 heteroatoms. The van der Waals surface area contributed by atoms with Crippen LogP contribution in [0.25, 0.3) is 10.6 Å². The van der Waals surface area contributed by atoms with E-state index in [0.717, 1.165) is 16.8 Å². The van der Waals surface area contributed by atoms with Crippen molar-refractivity contribution in [2.24, 2.45) is 0 Å². The SMILES string of the molecule is CS(=O)(=O)NCCNC(=O)c1cnc(-c2ccccc2)s1. The summed E-state index contributed by atoms with van der Waals surface area (Å²) in [6.07, 6.45) is 2.59. The van der Waals surface area contributed by atoms with Gasteiger partial charge in [0.05, 0.1) is 12.5 Å². The molecule has 6 nitrogen and oxygen atoms in total. The van der Waals surface area contributed by atoms with E-state index in [0.29, 0.717) is 4.88 Å². The summed E-state index contributed by atoms with van der Waals surface area (Å²) in [5.41, 5.74) is 0.959. The monoisotopic (exact) mass is 325 g/mol. The van der Waals surface area contributed by atoms with Crippen LogP contribution in [-0.2, 0) is 10.0 Å². The van der Waals surface area contributed by atoms with Crippen molar-refractivity contribution >= 4 is 27.3 Å². The molecule has 0 aliphatic rings. The number of amides is 1. The first kappa shape index (κ1) is 15.6. The predicted octanol–water partition coefficient (Wildman–Crippen LogP) is 1.09. The molecule has 2 aromatic rings. The summed E-state index contributed by atoms with van der Waals surface area (Å²) >= 11 is 1.30. The van der Waals surface area contributed by atoms with Crippen LogP contribution in [0.4, 0.5) is 0 Å². The minimum Gasteiger partial charge on any atom is -0.350 e. The van der Waals surface area contributed by atoms with Gasteiger partial charge in [-0.1, -0.05) is 30.3 Å². The van der Waals surface area contributed by atoms with Crippen molar-refractivity contribution in [2.45, 2.75) is 0 Å². The number of nitrogens with one attached hydrogen (secondary N) is 2. The third-order valence-corrected chi connectivity index (χ3v) is 4.30. The Morgan fingerprint density at radius 1 is 1.24 bits per heavy atom. The number of benzene rings is 1. The van der Waals surface area contributed by atoms with E-state index < -0.39 is 10.0 Å². The second-order valence-electron chi connectivity index (χ2n) is 4.32. The highest BCUT2D eigenvalue weighted by Gasteiger charge is 2.11. The Kier molecular flexibility index (Phi) is 5.05. The van der Waals surface area contributed by atoms with Gasteiger partial charge >= 0.3 is 0 Å². The summed E-state index contributed by atoms with van der Waals surface area (Å²) in [5.74, 6) is -0.259. The normalized spacial score (nSPS) is 11.3. The molecule has 1 aromatic heterocycles. The minimum absolute atomic E-state index is 0.162. The zero-order chi connectivity index (χ0) is 15.3. The van der Waals surface area contributed by atoms with E-state index in [4.69, 9.17) is 0 Å². The number of sulfonamides is 1. The highest BCUT2D eigenvalue weighted by atomic mass is 32.2. The van der Waals surface area contributed by atoms with Crippen molar-refractivity contribution in [1.29, 1.82) is 0 Å². The van der Waals surface area contributed by atoms with Crippen LogP contribution >= 0.6 is 11.3 Å². The van der Waals surface area contributed by atoms with Crippen LogP contribution in [0, 0.1) is 0 Å². The smallest absolute Gasteiger partial charge is 0.263 e. The Morgan fingerprint density at radius 3 is 2.62 bits per heavy atom. The number of aromatic nitrogens is 1. The maximum Gasteiger partial charge on any atom is 0.263 e. The van der Waals surface area contributed by atoms with Gasteiger partial charge in [0.15, 0.2) is 0 Å². The van der Waals surface area contributed by atoms with Gasteiger partial charge in [0.1, 0.15) is 9.88 Å². The third kappa shape index (κ3) is 4.92. The van der Waals surface area contributed by atoms with E-state index >= 15 is 0 Å². The van der Waals surface area contributed by atoms with Crippen molar-refractivity contribution in [2.75, 3.05) is 19.3 Å². The van der Waals surface area contributed by atoms with Gasteiger partial charge in [0.25, 0.3) is 5.91 Å². The molecule has 0 aliphatic heterocycles. The van der Waals surface area contributed by atoms with E-state index in [1.807, 2.05) is 30.3 Å². The molecule has 0 bridgehead atoms. The fourth-order valence-corrected chi connectivity index (χ4v) is 2.90. The summed E-state index contributed by atoms with van der Waals surface area (Å²) in [6, 6.07) is 9.59. The second-order valence-corrected chi connectivity index (χ2v) is 7.18. The van der Waals surface area contributed by atoms with Gasteiger partial charge in [-0.2, -0.15) is 0 Å². The van der Waals surface area contributed by atoms with Crippen LogP contribution in [0.5, 0.6) is 0 Å². The molecule has 0 saturated carbocycles. The standard InChI is InChI=1S/C13H15N3O3S2/c1-21(18,19)16-8-7-14-12(17)11-9-15-13(20-11)10-5-3-2-4-6-10/h2-6,9,16H,7-8H2,1H3,(H,14,17). The van der Waals surface area contributed by atoms with Crippen molar-refractivity contribution in [3.63, 3.8) is 0 Å². The Bertz CT molecular complexity index is 711. The molecular formula is C13H15N3O3S2. The highest BCUT2D eigenvalue weighted by molar-refractivity contribution is 7.88. The number of nitrogens with zero attached hydrogens (tertiary/aromatic N) is 1. The number of hydrogen-bond acceptors (Lipinski definition) is 5. The number of rotatable bonds is 6. The van der Waals surface area contributed by atoms with E-state index in [2.05, 4.69) is 15.0 Å². The van der Waals surface area contributed by atoms with Gasteiger partial charge in [0.2, 0.25) is 10.0 Å². The molecule has 1 amide bonds. The molecule has 1 heterocycles. The lowest BCUT2D eigenvalue weighted by Gasteiger charge is -2.03. The fourth-order valence-electron chi connectivity index (χ4n) is 1.59. The molecule has 2 rings (SSSR count). The summed E-state index contributed by atoms with van der Waals surface area (Å²) in [7, 11) is -3.23. The maximum absolute atomic E-state index is 11.9. The second kappa shape index (κ2) is 6.79. The fraction of sp³-hybridized carbons (Fsp3) is 0.231. The number of carbonyl (C=O) groups excluding carboxylic acids is 1. The van der Waals surface area contributed by atoms with Gasteiger partial charge in [0, 0.05) is 18.7 Å². The Morgan fingerprint density at radius 2 is 1.95 bits per heavy atom. The van der Waals surface area contributed by atoms with Crippen molar-refractivity contribution in [3.05, 3.63) is 41.4 Å². The van der Waals surface area contributed by atoms with Crippen molar-refractivity contribution in [1.82, 2.24) is 15.0 Å². The minimum atomic E-state index is -3.23. The molecule has 0 radical (unpaired) electrons. The molecule has 0 spiro atoms. The molecule has 0 aliphatic carbocycles. The Labute approximate surface area is 127 Å². The first-order chi connectivity index (χ1) is 9.96. The third-order valence-electron chi connectivity index (χ3n) is 2.53. The van der Waals surface area contributed by atoms with E-state index in [1.54, 1.807) is 0 Å². The number of thiazole rings is 1. The molecule has 21 heavy (non-hydrogen) atoms. The van der Waals surface area contributed by atoms with Crippen LogP contribution in [0.3, 0.4) is 0 Å².